The smallest absolute Gasteiger partial charge is 0.185 e. The van der Waals surface area contributed by atoms with Gasteiger partial charge in [0, 0.05) is 11.6 Å². The molecule has 1 heterocycles. The second-order valence-corrected chi connectivity index (χ2v) is 6.18. The van der Waals surface area contributed by atoms with Crippen molar-refractivity contribution in [2.24, 2.45) is 0 Å². The molecule has 5 heteroatoms. The molecule has 0 atom stereocenters. The van der Waals surface area contributed by atoms with Crippen LogP contribution in [-0.4, -0.2) is 22.4 Å². The van der Waals surface area contributed by atoms with E-state index in [9.17, 15) is 4.79 Å². The van der Waals surface area contributed by atoms with Gasteiger partial charge in [-0.3, -0.25) is 4.79 Å². The van der Waals surface area contributed by atoms with Crippen molar-refractivity contribution in [2.75, 3.05) is 6.61 Å². The second kappa shape index (κ2) is 7.05. The molecule has 1 aromatic heterocycles. The molecule has 0 saturated carbocycles. The summed E-state index contributed by atoms with van der Waals surface area (Å²) in [4.78, 5) is 15.6. The van der Waals surface area contributed by atoms with Crippen molar-refractivity contribution in [2.45, 2.75) is 26.8 Å². The molecule has 0 radical (unpaired) electrons. The number of ether oxygens (including phenoxy) is 1. The van der Waals surface area contributed by atoms with Gasteiger partial charge in [-0.25, -0.2) is 4.98 Å². The lowest BCUT2D eigenvalue weighted by molar-refractivity contribution is 0.111. The number of aldehydes is 1. The van der Waals surface area contributed by atoms with Gasteiger partial charge in [0.2, 0.25) is 0 Å². The molecule has 3 rings (SSSR count). The second-order valence-electron chi connectivity index (χ2n) is 5.80. The number of hydrogen-bond donors (Lipinski definition) is 0. The SMILES string of the molecule is Cc1cc(OCCCn2c(C=O)nc3ccccc32)cc(C)c1Cl. The van der Waals surface area contributed by atoms with Crippen molar-refractivity contribution in [3.05, 3.63) is 58.4 Å². The normalized spacial score (nSPS) is 11.0. The highest BCUT2D eigenvalue weighted by Gasteiger charge is 2.09. The van der Waals surface area contributed by atoms with Gasteiger partial charge in [-0.15, -0.1) is 0 Å². The minimum Gasteiger partial charge on any atom is -0.494 e. The van der Waals surface area contributed by atoms with E-state index in [1.807, 2.05) is 54.8 Å². The molecular formula is C19H19ClN2O2. The van der Waals surface area contributed by atoms with E-state index in [-0.39, 0.29) is 0 Å². The number of fused-ring (bicyclic) bond motifs is 1. The van der Waals surface area contributed by atoms with Crippen molar-refractivity contribution in [3.8, 4) is 5.75 Å². The van der Waals surface area contributed by atoms with E-state index in [4.69, 9.17) is 16.3 Å². The average molecular weight is 343 g/mol. The molecule has 0 aliphatic carbocycles. The molecule has 0 spiro atoms. The molecule has 124 valence electrons. The minimum absolute atomic E-state index is 0.453. The number of rotatable bonds is 6. The molecule has 0 aliphatic heterocycles. The van der Waals surface area contributed by atoms with Crippen LogP contribution in [0.1, 0.15) is 28.2 Å². The standard InChI is InChI=1S/C19H19ClN2O2/c1-13-10-15(11-14(2)19(13)20)24-9-5-8-22-17-7-4-3-6-16(17)21-18(22)12-23/h3-4,6-7,10-12H,5,8-9H2,1-2H3. The quantitative estimate of drug-likeness (QED) is 0.486. The molecule has 24 heavy (non-hydrogen) atoms. The van der Waals surface area contributed by atoms with Gasteiger partial charge in [0.15, 0.2) is 12.1 Å². The third kappa shape index (κ3) is 3.29. The van der Waals surface area contributed by atoms with Gasteiger partial charge in [0.25, 0.3) is 0 Å². The molecule has 0 unspecified atom stereocenters. The first-order chi connectivity index (χ1) is 11.6. The van der Waals surface area contributed by atoms with Crippen LogP contribution < -0.4 is 4.74 Å². The summed E-state index contributed by atoms with van der Waals surface area (Å²) in [5.74, 6) is 1.27. The van der Waals surface area contributed by atoms with E-state index < -0.39 is 0 Å². The number of aromatic nitrogens is 2. The molecular weight excluding hydrogens is 324 g/mol. The maximum Gasteiger partial charge on any atom is 0.185 e. The molecule has 0 aliphatic rings. The van der Waals surface area contributed by atoms with E-state index in [1.165, 1.54) is 0 Å². The highest BCUT2D eigenvalue weighted by atomic mass is 35.5. The Morgan fingerprint density at radius 2 is 1.92 bits per heavy atom. The van der Waals surface area contributed by atoms with Crippen molar-refractivity contribution < 1.29 is 9.53 Å². The average Bonchev–Trinajstić information content (AvgIpc) is 2.94. The van der Waals surface area contributed by atoms with Gasteiger partial charge in [-0.2, -0.15) is 0 Å². The van der Waals surface area contributed by atoms with Crippen LogP contribution in [0, 0.1) is 13.8 Å². The van der Waals surface area contributed by atoms with Gasteiger partial charge < -0.3 is 9.30 Å². The van der Waals surface area contributed by atoms with Gasteiger partial charge in [0.05, 0.1) is 17.6 Å². The van der Waals surface area contributed by atoms with Crippen molar-refractivity contribution in [1.82, 2.24) is 9.55 Å². The lowest BCUT2D eigenvalue weighted by atomic mass is 10.1. The lowest BCUT2D eigenvalue weighted by Gasteiger charge is -2.11. The first-order valence-corrected chi connectivity index (χ1v) is 8.28. The van der Waals surface area contributed by atoms with Crippen molar-refractivity contribution in [3.63, 3.8) is 0 Å². The first kappa shape index (κ1) is 16.5. The highest BCUT2D eigenvalue weighted by Crippen LogP contribution is 2.26. The Morgan fingerprint density at radius 1 is 1.21 bits per heavy atom. The zero-order valence-electron chi connectivity index (χ0n) is 13.8. The van der Waals surface area contributed by atoms with Crippen LogP contribution in [0.4, 0.5) is 0 Å². The topological polar surface area (TPSA) is 44.1 Å². The molecule has 0 fully saturated rings. The van der Waals surface area contributed by atoms with Crippen LogP contribution in [0.3, 0.4) is 0 Å². The predicted octanol–water partition coefficient (Wildman–Crippen LogP) is 4.59. The third-order valence-electron chi connectivity index (χ3n) is 3.99. The fraction of sp³-hybridized carbons (Fsp3) is 0.263. The maximum atomic E-state index is 11.2. The zero-order valence-corrected chi connectivity index (χ0v) is 14.5. The summed E-state index contributed by atoms with van der Waals surface area (Å²) in [6.45, 7) is 5.18. The van der Waals surface area contributed by atoms with Crippen molar-refractivity contribution >= 4 is 28.9 Å². The van der Waals surface area contributed by atoms with Gasteiger partial charge in [-0.05, 0) is 55.7 Å². The van der Waals surface area contributed by atoms with Crippen LogP contribution in [0.5, 0.6) is 5.75 Å². The van der Waals surface area contributed by atoms with E-state index in [0.29, 0.717) is 19.0 Å². The molecule has 0 amide bonds. The summed E-state index contributed by atoms with van der Waals surface area (Å²) >= 11 is 6.17. The number of halogens is 1. The van der Waals surface area contributed by atoms with E-state index in [1.54, 1.807) is 0 Å². The fourth-order valence-electron chi connectivity index (χ4n) is 2.82. The summed E-state index contributed by atoms with van der Waals surface area (Å²) in [6, 6.07) is 11.6. The summed E-state index contributed by atoms with van der Waals surface area (Å²) in [7, 11) is 0. The fourth-order valence-corrected chi connectivity index (χ4v) is 2.93. The van der Waals surface area contributed by atoms with E-state index in [2.05, 4.69) is 4.98 Å². The Labute approximate surface area is 146 Å². The number of para-hydroxylation sites is 2. The van der Waals surface area contributed by atoms with Crippen LogP contribution >= 0.6 is 11.6 Å². The Morgan fingerprint density at radius 3 is 2.62 bits per heavy atom. The molecule has 2 aromatic carbocycles. The van der Waals surface area contributed by atoms with E-state index >= 15 is 0 Å². The van der Waals surface area contributed by atoms with E-state index in [0.717, 1.165) is 45.6 Å². The highest BCUT2D eigenvalue weighted by molar-refractivity contribution is 6.32. The summed E-state index contributed by atoms with van der Waals surface area (Å²) < 4.78 is 7.76. The van der Waals surface area contributed by atoms with Gasteiger partial charge in [0.1, 0.15) is 5.75 Å². The lowest BCUT2D eigenvalue weighted by Crippen LogP contribution is -2.07. The molecule has 0 bridgehead atoms. The number of benzene rings is 2. The Bertz CT molecular complexity index is 863. The molecule has 0 N–H and O–H groups in total. The summed E-state index contributed by atoms with van der Waals surface area (Å²) in [5.41, 5.74) is 3.83. The van der Waals surface area contributed by atoms with Crippen LogP contribution in [-0.2, 0) is 6.54 Å². The summed E-state index contributed by atoms with van der Waals surface area (Å²) in [6.07, 6.45) is 1.58. The van der Waals surface area contributed by atoms with Crippen LogP contribution in [0.25, 0.3) is 11.0 Å². The Kier molecular flexibility index (Phi) is 4.86. The van der Waals surface area contributed by atoms with Crippen LogP contribution in [0.2, 0.25) is 5.02 Å². The predicted molar refractivity (Wildman–Crippen MR) is 96.2 cm³/mol. The Balaban J connectivity index is 1.66. The summed E-state index contributed by atoms with van der Waals surface area (Å²) in [5, 5.41) is 0.780. The van der Waals surface area contributed by atoms with Gasteiger partial charge in [-0.1, -0.05) is 23.7 Å². The number of carbonyl (C=O) groups excluding carboxylic acids is 1. The molecule has 4 nitrogen and oxygen atoms in total. The first-order valence-electron chi connectivity index (χ1n) is 7.90. The monoisotopic (exact) mass is 342 g/mol. The number of imidazole rings is 1. The van der Waals surface area contributed by atoms with Crippen LogP contribution in [0.15, 0.2) is 36.4 Å². The number of hydrogen-bond acceptors (Lipinski definition) is 3. The number of aryl methyl sites for hydroxylation is 3. The maximum absolute atomic E-state index is 11.2. The minimum atomic E-state index is 0.453. The number of nitrogens with zero attached hydrogens (tertiary/aromatic N) is 2. The van der Waals surface area contributed by atoms with Crippen molar-refractivity contribution in [1.29, 1.82) is 0 Å². The number of carbonyl (C=O) groups is 1. The Hall–Kier alpha value is -2.33. The largest absolute Gasteiger partial charge is 0.494 e. The molecule has 0 saturated heterocycles. The van der Waals surface area contributed by atoms with Gasteiger partial charge >= 0.3 is 0 Å². The zero-order chi connectivity index (χ0) is 17.1. The third-order valence-corrected chi connectivity index (χ3v) is 4.59. The molecule has 3 aromatic rings.